The van der Waals surface area contributed by atoms with Crippen LogP contribution in [0.4, 0.5) is 5.13 Å². The van der Waals surface area contributed by atoms with Crippen LogP contribution in [0, 0.1) is 0 Å². The SMILES string of the molecule is O=C(Nc1nccs1)C(Sc1nccc(=O)[nH]1)c1ccccc1. The van der Waals surface area contributed by atoms with Crippen LogP contribution in [0.25, 0.3) is 0 Å². The Morgan fingerprint density at radius 3 is 2.70 bits per heavy atom. The Kier molecular flexibility index (Phi) is 4.84. The van der Waals surface area contributed by atoms with Gasteiger partial charge in [0.15, 0.2) is 10.3 Å². The van der Waals surface area contributed by atoms with Gasteiger partial charge in [0.05, 0.1) is 0 Å². The van der Waals surface area contributed by atoms with Crippen LogP contribution in [0.5, 0.6) is 0 Å². The fourth-order valence-electron chi connectivity index (χ4n) is 1.88. The van der Waals surface area contributed by atoms with Crippen LogP contribution < -0.4 is 10.9 Å². The molecule has 1 aromatic carbocycles. The highest BCUT2D eigenvalue weighted by Gasteiger charge is 2.23. The first-order valence-corrected chi connectivity index (χ1v) is 8.45. The van der Waals surface area contributed by atoms with E-state index in [-0.39, 0.29) is 11.5 Å². The Labute approximate surface area is 140 Å². The number of aromatic amines is 1. The zero-order valence-electron chi connectivity index (χ0n) is 11.8. The Morgan fingerprint density at radius 2 is 2.00 bits per heavy atom. The third kappa shape index (κ3) is 4.05. The van der Waals surface area contributed by atoms with Crippen LogP contribution in [0.3, 0.4) is 0 Å². The quantitative estimate of drug-likeness (QED) is 0.549. The van der Waals surface area contributed by atoms with Crippen molar-refractivity contribution in [3.63, 3.8) is 0 Å². The molecule has 1 atom stereocenters. The van der Waals surface area contributed by atoms with E-state index in [2.05, 4.69) is 20.3 Å². The Bertz CT molecular complexity index is 834. The second kappa shape index (κ2) is 7.21. The predicted molar refractivity (Wildman–Crippen MR) is 90.6 cm³/mol. The number of nitrogens with one attached hydrogen (secondary N) is 2. The van der Waals surface area contributed by atoms with Gasteiger partial charge in [0.2, 0.25) is 5.91 Å². The molecule has 6 nitrogen and oxygen atoms in total. The first-order chi connectivity index (χ1) is 11.2. The van der Waals surface area contributed by atoms with Crippen molar-refractivity contribution < 1.29 is 4.79 Å². The van der Waals surface area contributed by atoms with E-state index in [0.717, 1.165) is 5.56 Å². The van der Waals surface area contributed by atoms with Crippen molar-refractivity contribution in [2.45, 2.75) is 10.4 Å². The van der Waals surface area contributed by atoms with E-state index in [9.17, 15) is 9.59 Å². The molecule has 0 aliphatic heterocycles. The van der Waals surface area contributed by atoms with Gasteiger partial charge in [-0.1, -0.05) is 42.1 Å². The van der Waals surface area contributed by atoms with Crippen LogP contribution in [0.15, 0.2) is 64.1 Å². The summed E-state index contributed by atoms with van der Waals surface area (Å²) in [6.45, 7) is 0. The standard InChI is InChI=1S/C15H12N4O2S2/c20-11-6-7-16-15(18-11)23-12(10-4-2-1-3-5-10)13(21)19-14-17-8-9-22-14/h1-9,12H,(H,16,18,20)(H,17,19,21). The highest BCUT2D eigenvalue weighted by molar-refractivity contribution is 8.00. The number of rotatable bonds is 5. The molecule has 0 aliphatic carbocycles. The number of anilines is 1. The maximum atomic E-state index is 12.6. The lowest BCUT2D eigenvalue weighted by molar-refractivity contribution is -0.115. The Morgan fingerprint density at radius 1 is 1.17 bits per heavy atom. The molecular formula is C15H12N4O2S2. The molecule has 1 amide bonds. The topological polar surface area (TPSA) is 87.7 Å². The van der Waals surface area contributed by atoms with E-state index >= 15 is 0 Å². The van der Waals surface area contributed by atoms with Crippen LogP contribution in [-0.2, 0) is 4.79 Å². The molecule has 3 rings (SSSR count). The number of carbonyl (C=O) groups excluding carboxylic acids is 1. The van der Waals surface area contributed by atoms with Crippen LogP contribution in [-0.4, -0.2) is 20.9 Å². The molecule has 0 aliphatic rings. The summed E-state index contributed by atoms with van der Waals surface area (Å²) in [5.41, 5.74) is 0.563. The molecule has 2 heterocycles. The molecule has 8 heteroatoms. The molecule has 0 saturated carbocycles. The molecule has 116 valence electrons. The van der Waals surface area contributed by atoms with Gasteiger partial charge >= 0.3 is 0 Å². The second-order valence-electron chi connectivity index (χ2n) is 4.47. The number of carbonyl (C=O) groups is 1. The molecule has 0 saturated heterocycles. The minimum Gasteiger partial charge on any atom is -0.301 e. The fraction of sp³-hybridized carbons (Fsp3) is 0.0667. The lowest BCUT2D eigenvalue weighted by Crippen LogP contribution is -2.19. The monoisotopic (exact) mass is 344 g/mol. The maximum absolute atomic E-state index is 12.6. The van der Waals surface area contributed by atoms with Crippen molar-refractivity contribution in [1.82, 2.24) is 15.0 Å². The van der Waals surface area contributed by atoms with Crippen molar-refractivity contribution in [3.05, 3.63) is 70.1 Å². The molecule has 1 unspecified atom stereocenters. The maximum Gasteiger partial charge on any atom is 0.251 e. The summed E-state index contributed by atoms with van der Waals surface area (Å²) >= 11 is 2.53. The van der Waals surface area contributed by atoms with E-state index in [1.54, 1.807) is 11.6 Å². The highest BCUT2D eigenvalue weighted by atomic mass is 32.2. The average molecular weight is 344 g/mol. The smallest absolute Gasteiger partial charge is 0.251 e. The number of thioether (sulfide) groups is 1. The molecule has 2 N–H and O–H groups in total. The van der Waals surface area contributed by atoms with Crippen molar-refractivity contribution in [2.24, 2.45) is 0 Å². The van der Waals surface area contributed by atoms with E-state index in [4.69, 9.17) is 0 Å². The number of benzene rings is 1. The minimum absolute atomic E-state index is 0.220. The van der Waals surface area contributed by atoms with Gasteiger partial charge in [0.1, 0.15) is 5.25 Å². The molecule has 3 aromatic rings. The van der Waals surface area contributed by atoms with Crippen molar-refractivity contribution >= 4 is 34.1 Å². The van der Waals surface area contributed by atoms with Gasteiger partial charge in [0.25, 0.3) is 5.56 Å². The van der Waals surface area contributed by atoms with Gasteiger partial charge in [-0.2, -0.15) is 0 Å². The third-order valence-corrected chi connectivity index (χ3v) is 4.72. The number of nitrogens with zero attached hydrogens (tertiary/aromatic N) is 2. The van der Waals surface area contributed by atoms with E-state index in [1.165, 1.54) is 35.4 Å². The number of thiazole rings is 1. The van der Waals surface area contributed by atoms with Crippen molar-refractivity contribution in [1.29, 1.82) is 0 Å². The molecular weight excluding hydrogens is 332 g/mol. The first-order valence-electron chi connectivity index (χ1n) is 6.69. The van der Waals surface area contributed by atoms with Gasteiger partial charge in [-0.3, -0.25) is 9.59 Å². The lowest BCUT2D eigenvalue weighted by atomic mass is 10.1. The van der Waals surface area contributed by atoms with Gasteiger partial charge < -0.3 is 10.3 Å². The normalized spacial score (nSPS) is 11.8. The minimum atomic E-state index is -0.550. The largest absolute Gasteiger partial charge is 0.301 e. The molecule has 0 spiro atoms. The molecule has 0 radical (unpaired) electrons. The summed E-state index contributed by atoms with van der Waals surface area (Å²) < 4.78 is 0. The third-order valence-electron chi connectivity index (χ3n) is 2.88. The van der Waals surface area contributed by atoms with Crippen LogP contribution in [0.2, 0.25) is 0 Å². The first kappa shape index (κ1) is 15.4. The molecule has 23 heavy (non-hydrogen) atoms. The Hall–Kier alpha value is -2.45. The predicted octanol–water partition coefficient (Wildman–Crippen LogP) is 2.70. The summed E-state index contributed by atoms with van der Waals surface area (Å²) in [6.07, 6.45) is 3.04. The highest BCUT2D eigenvalue weighted by Crippen LogP contribution is 2.34. The van der Waals surface area contributed by atoms with Gasteiger partial charge in [-0.05, 0) is 5.56 Å². The summed E-state index contributed by atoms with van der Waals surface area (Å²) in [6, 6.07) is 10.7. The molecule has 2 aromatic heterocycles. The number of H-pyrrole nitrogens is 1. The van der Waals surface area contributed by atoms with Crippen molar-refractivity contribution in [3.8, 4) is 0 Å². The van der Waals surface area contributed by atoms with E-state index in [1.807, 2.05) is 30.3 Å². The van der Waals surface area contributed by atoms with Gasteiger partial charge in [0, 0.05) is 23.8 Å². The summed E-state index contributed by atoms with van der Waals surface area (Å²) in [5.74, 6) is -0.220. The average Bonchev–Trinajstić information content (AvgIpc) is 3.06. The van der Waals surface area contributed by atoms with Gasteiger partial charge in [-0.25, -0.2) is 9.97 Å². The van der Waals surface area contributed by atoms with E-state index in [0.29, 0.717) is 10.3 Å². The second-order valence-corrected chi connectivity index (χ2v) is 6.46. The number of hydrogen-bond donors (Lipinski definition) is 2. The molecule has 0 fully saturated rings. The van der Waals surface area contributed by atoms with Crippen LogP contribution in [0.1, 0.15) is 10.8 Å². The summed E-state index contributed by atoms with van der Waals surface area (Å²) in [5, 5.41) is 4.94. The number of amides is 1. The van der Waals surface area contributed by atoms with Gasteiger partial charge in [-0.15, -0.1) is 11.3 Å². The van der Waals surface area contributed by atoms with E-state index < -0.39 is 5.25 Å². The van der Waals surface area contributed by atoms with Crippen molar-refractivity contribution in [2.75, 3.05) is 5.32 Å². The fourth-order valence-corrected chi connectivity index (χ4v) is 3.38. The molecule has 0 bridgehead atoms. The lowest BCUT2D eigenvalue weighted by Gasteiger charge is -2.15. The number of hydrogen-bond acceptors (Lipinski definition) is 6. The van der Waals surface area contributed by atoms with Crippen LogP contribution >= 0.6 is 23.1 Å². The summed E-state index contributed by atoms with van der Waals surface area (Å²) in [4.78, 5) is 34.8. The zero-order chi connectivity index (χ0) is 16.1. The Balaban J connectivity index is 1.87. The summed E-state index contributed by atoms with van der Waals surface area (Å²) in [7, 11) is 0. The zero-order valence-corrected chi connectivity index (χ0v) is 13.4. The number of aromatic nitrogens is 3.